The molecule has 12 heavy (non-hydrogen) atoms. The number of hydrogen-bond acceptors (Lipinski definition) is 2. The molecule has 0 fully saturated rings. The summed E-state index contributed by atoms with van der Waals surface area (Å²) >= 11 is 5.81. The lowest BCUT2D eigenvalue weighted by atomic mass is 9.96. The number of rotatable bonds is 0. The van der Waals surface area contributed by atoms with Gasteiger partial charge in [0.15, 0.2) is 5.15 Å². The van der Waals surface area contributed by atoms with Gasteiger partial charge in [0.25, 0.3) is 0 Å². The Morgan fingerprint density at radius 3 is 2.92 bits per heavy atom. The molecule has 1 aromatic heterocycles. The maximum absolute atomic E-state index is 5.81. The average molecular weight is 183 g/mol. The number of nitrogens with zero attached hydrogens (tertiary/aromatic N) is 1. The lowest BCUT2D eigenvalue weighted by Crippen LogP contribution is -2.06. The van der Waals surface area contributed by atoms with E-state index < -0.39 is 0 Å². The molecule has 0 radical (unpaired) electrons. The van der Waals surface area contributed by atoms with E-state index in [1.54, 1.807) is 0 Å². The third-order valence-corrected chi connectivity index (χ3v) is 2.58. The van der Waals surface area contributed by atoms with Crippen LogP contribution in [0.4, 0.5) is 5.69 Å². The molecule has 1 aromatic rings. The molecule has 1 heterocycles. The fourth-order valence-corrected chi connectivity index (χ4v) is 1.78. The number of fused-ring (bicyclic) bond motifs is 1. The van der Waals surface area contributed by atoms with Crippen LogP contribution in [0.2, 0.25) is 5.15 Å². The van der Waals surface area contributed by atoms with Crippen molar-refractivity contribution in [1.29, 1.82) is 0 Å². The summed E-state index contributed by atoms with van der Waals surface area (Å²) in [5.41, 5.74) is 8.68. The minimum Gasteiger partial charge on any atom is -0.396 e. The predicted octanol–water partition coefficient (Wildman–Crippen LogP) is 2.20. The van der Waals surface area contributed by atoms with E-state index in [2.05, 4.69) is 4.98 Å². The summed E-state index contributed by atoms with van der Waals surface area (Å²) in [6.45, 7) is 0. The van der Waals surface area contributed by atoms with Gasteiger partial charge in [-0.3, -0.25) is 0 Å². The predicted molar refractivity (Wildman–Crippen MR) is 50.3 cm³/mol. The molecule has 0 bridgehead atoms. The molecular weight excluding hydrogens is 172 g/mol. The number of aromatic nitrogens is 1. The summed E-state index contributed by atoms with van der Waals surface area (Å²) in [6, 6.07) is 1.96. The van der Waals surface area contributed by atoms with Crippen molar-refractivity contribution in [2.24, 2.45) is 0 Å². The van der Waals surface area contributed by atoms with E-state index in [-0.39, 0.29) is 0 Å². The van der Waals surface area contributed by atoms with Crippen LogP contribution in [0.5, 0.6) is 0 Å². The molecule has 1 aliphatic carbocycles. The van der Waals surface area contributed by atoms with Gasteiger partial charge in [-0.1, -0.05) is 11.6 Å². The number of aryl methyl sites for hydroxylation is 2. The molecule has 0 saturated carbocycles. The van der Waals surface area contributed by atoms with Crippen LogP contribution < -0.4 is 5.73 Å². The Morgan fingerprint density at radius 1 is 1.33 bits per heavy atom. The molecule has 64 valence electrons. The number of halogens is 1. The number of pyridine rings is 1. The van der Waals surface area contributed by atoms with Gasteiger partial charge < -0.3 is 5.73 Å². The van der Waals surface area contributed by atoms with Gasteiger partial charge in [0, 0.05) is 5.69 Å². The highest BCUT2D eigenvalue weighted by Crippen LogP contribution is 2.25. The summed E-state index contributed by atoms with van der Waals surface area (Å²) in [5, 5.41) is 0.454. The van der Waals surface area contributed by atoms with Gasteiger partial charge in [0.2, 0.25) is 0 Å². The first-order valence-corrected chi connectivity index (χ1v) is 4.59. The van der Waals surface area contributed by atoms with E-state index in [0.29, 0.717) is 10.8 Å². The van der Waals surface area contributed by atoms with Crippen LogP contribution >= 0.6 is 11.6 Å². The van der Waals surface area contributed by atoms with Gasteiger partial charge in [-0.2, -0.15) is 0 Å². The van der Waals surface area contributed by atoms with E-state index in [0.717, 1.165) is 18.5 Å². The minimum atomic E-state index is 0.454. The van der Waals surface area contributed by atoms with Crippen molar-refractivity contribution in [3.8, 4) is 0 Å². The third kappa shape index (κ3) is 1.27. The Hall–Kier alpha value is -0.760. The van der Waals surface area contributed by atoms with E-state index in [4.69, 9.17) is 17.3 Å². The Bertz CT molecular complexity index is 279. The molecule has 0 atom stereocenters. The van der Waals surface area contributed by atoms with Gasteiger partial charge in [-0.05, 0) is 37.3 Å². The average Bonchev–Trinajstić information content (AvgIpc) is 2.07. The highest BCUT2D eigenvalue weighted by molar-refractivity contribution is 6.31. The highest BCUT2D eigenvalue weighted by Gasteiger charge is 2.12. The van der Waals surface area contributed by atoms with Gasteiger partial charge in [-0.15, -0.1) is 0 Å². The van der Waals surface area contributed by atoms with Crippen molar-refractivity contribution in [2.45, 2.75) is 25.7 Å². The SMILES string of the molecule is Nc1cc2c(nc1Cl)CCCC2. The second-order valence-corrected chi connectivity index (χ2v) is 3.54. The fourth-order valence-electron chi connectivity index (χ4n) is 1.63. The summed E-state index contributed by atoms with van der Waals surface area (Å²) in [4.78, 5) is 4.25. The standard InChI is InChI=1S/C9H11ClN2/c10-9-7(11)5-6-3-1-2-4-8(6)12-9/h5H,1-4,11H2. The summed E-state index contributed by atoms with van der Waals surface area (Å²) in [5.74, 6) is 0. The molecule has 0 unspecified atom stereocenters. The first-order chi connectivity index (χ1) is 5.77. The fraction of sp³-hybridized carbons (Fsp3) is 0.444. The van der Waals surface area contributed by atoms with Crippen LogP contribution in [-0.4, -0.2) is 4.98 Å². The van der Waals surface area contributed by atoms with Gasteiger partial charge in [0.05, 0.1) is 5.69 Å². The Morgan fingerprint density at radius 2 is 2.08 bits per heavy atom. The number of anilines is 1. The zero-order valence-corrected chi connectivity index (χ0v) is 7.56. The second kappa shape index (κ2) is 2.94. The molecule has 0 saturated heterocycles. The van der Waals surface area contributed by atoms with Crippen molar-refractivity contribution in [1.82, 2.24) is 4.98 Å². The van der Waals surface area contributed by atoms with Crippen LogP contribution in [0.3, 0.4) is 0 Å². The summed E-state index contributed by atoms with van der Waals surface area (Å²) in [7, 11) is 0. The van der Waals surface area contributed by atoms with E-state index in [1.807, 2.05) is 6.07 Å². The lowest BCUT2D eigenvalue weighted by Gasteiger charge is -2.15. The number of nitrogens with two attached hydrogens (primary N) is 1. The second-order valence-electron chi connectivity index (χ2n) is 3.18. The zero-order valence-electron chi connectivity index (χ0n) is 6.81. The quantitative estimate of drug-likeness (QED) is 0.625. The smallest absolute Gasteiger partial charge is 0.152 e. The molecule has 2 N–H and O–H groups in total. The molecule has 2 rings (SSSR count). The number of nitrogen functional groups attached to an aromatic ring is 1. The maximum atomic E-state index is 5.81. The zero-order chi connectivity index (χ0) is 8.55. The summed E-state index contributed by atoms with van der Waals surface area (Å²) < 4.78 is 0. The molecule has 0 amide bonds. The molecule has 0 aliphatic heterocycles. The first-order valence-electron chi connectivity index (χ1n) is 4.21. The van der Waals surface area contributed by atoms with Gasteiger partial charge >= 0.3 is 0 Å². The summed E-state index contributed by atoms with van der Waals surface area (Å²) in [6.07, 6.45) is 4.62. The molecule has 2 nitrogen and oxygen atoms in total. The van der Waals surface area contributed by atoms with Crippen LogP contribution in [0.25, 0.3) is 0 Å². The van der Waals surface area contributed by atoms with E-state index in [9.17, 15) is 0 Å². The molecule has 0 spiro atoms. The van der Waals surface area contributed by atoms with Gasteiger partial charge in [0.1, 0.15) is 0 Å². The number of hydrogen-bond donors (Lipinski definition) is 1. The maximum Gasteiger partial charge on any atom is 0.152 e. The van der Waals surface area contributed by atoms with Crippen LogP contribution in [0.15, 0.2) is 6.07 Å². The molecule has 1 aliphatic rings. The van der Waals surface area contributed by atoms with Gasteiger partial charge in [-0.25, -0.2) is 4.98 Å². The third-order valence-electron chi connectivity index (χ3n) is 2.28. The van der Waals surface area contributed by atoms with Crippen LogP contribution in [-0.2, 0) is 12.8 Å². The topological polar surface area (TPSA) is 38.9 Å². The van der Waals surface area contributed by atoms with E-state index in [1.165, 1.54) is 18.4 Å². The van der Waals surface area contributed by atoms with Crippen molar-refractivity contribution < 1.29 is 0 Å². The van der Waals surface area contributed by atoms with Crippen molar-refractivity contribution in [2.75, 3.05) is 5.73 Å². The lowest BCUT2D eigenvalue weighted by molar-refractivity contribution is 0.668. The van der Waals surface area contributed by atoms with Crippen molar-refractivity contribution >= 4 is 17.3 Å². The van der Waals surface area contributed by atoms with Crippen molar-refractivity contribution in [3.63, 3.8) is 0 Å². The molecular formula is C9H11ClN2. The Balaban J connectivity index is 2.49. The largest absolute Gasteiger partial charge is 0.396 e. The highest BCUT2D eigenvalue weighted by atomic mass is 35.5. The first kappa shape index (κ1) is 7.87. The van der Waals surface area contributed by atoms with Crippen LogP contribution in [0.1, 0.15) is 24.1 Å². The normalized spacial score (nSPS) is 15.8. The monoisotopic (exact) mass is 182 g/mol. The van der Waals surface area contributed by atoms with Crippen LogP contribution in [0, 0.1) is 0 Å². The van der Waals surface area contributed by atoms with E-state index >= 15 is 0 Å². The Labute approximate surface area is 76.7 Å². The van der Waals surface area contributed by atoms with Crippen molar-refractivity contribution in [3.05, 3.63) is 22.5 Å². The molecule has 3 heteroatoms. The Kier molecular flexibility index (Phi) is 1.93. The molecule has 0 aromatic carbocycles. The minimum absolute atomic E-state index is 0.454.